The molecule has 0 radical (unpaired) electrons. The molecule has 1 aromatic carbocycles. The van der Waals surface area contributed by atoms with E-state index in [0.29, 0.717) is 0 Å². The van der Waals surface area contributed by atoms with Gasteiger partial charge in [-0.1, -0.05) is 6.92 Å². The Morgan fingerprint density at radius 3 is 2.74 bits per heavy atom. The number of hydrogen-bond donors (Lipinski definition) is 2. The summed E-state index contributed by atoms with van der Waals surface area (Å²) in [5.74, 6) is 1.59. The lowest BCUT2D eigenvalue weighted by Gasteiger charge is -2.31. The molecule has 19 heavy (non-hydrogen) atoms. The fourth-order valence-electron chi connectivity index (χ4n) is 2.58. The van der Waals surface area contributed by atoms with E-state index in [1.54, 1.807) is 7.11 Å². The van der Waals surface area contributed by atoms with Crippen molar-refractivity contribution in [2.45, 2.75) is 19.8 Å². The van der Waals surface area contributed by atoms with Gasteiger partial charge in [-0.3, -0.25) is 0 Å². The van der Waals surface area contributed by atoms with Gasteiger partial charge >= 0.3 is 0 Å². The minimum Gasteiger partial charge on any atom is -0.497 e. The van der Waals surface area contributed by atoms with Gasteiger partial charge in [0.15, 0.2) is 0 Å². The molecule has 1 aromatic rings. The zero-order valence-electron chi connectivity index (χ0n) is 12.0. The van der Waals surface area contributed by atoms with Crippen molar-refractivity contribution in [1.82, 2.24) is 4.90 Å². The zero-order valence-corrected chi connectivity index (χ0v) is 12.0. The number of rotatable bonds is 5. The number of hydrogen-bond acceptors (Lipinski definition) is 4. The van der Waals surface area contributed by atoms with Gasteiger partial charge in [0.05, 0.1) is 18.5 Å². The van der Waals surface area contributed by atoms with Gasteiger partial charge in [0.1, 0.15) is 5.75 Å². The van der Waals surface area contributed by atoms with E-state index in [9.17, 15) is 0 Å². The van der Waals surface area contributed by atoms with E-state index >= 15 is 0 Å². The predicted molar refractivity (Wildman–Crippen MR) is 80.7 cm³/mol. The Kier molecular flexibility index (Phi) is 4.91. The van der Waals surface area contributed by atoms with Crippen LogP contribution < -0.4 is 15.8 Å². The summed E-state index contributed by atoms with van der Waals surface area (Å²) in [6, 6.07) is 5.75. The van der Waals surface area contributed by atoms with Gasteiger partial charge in [0, 0.05) is 12.6 Å². The average Bonchev–Trinajstić information content (AvgIpc) is 2.47. The number of nitrogens with two attached hydrogens (primary N) is 1. The van der Waals surface area contributed by atoms with Crippen molar-refractivity contribution in [2.24, 2.45) is 5.92 Å². The molecule has 0 spiro atoms. The Hall–Kier alpha value is -1.42. The highest BCUT2D eigenvalue weighted by atomic mass is 16.5. The summed E-state index contributed by atoms with van der Waals surface area (Å²) in [4.78, 5) is 2.51. The second-order valence-electron chi connectivity index (χ2n) is 5.21. The van der Waals surface area contributed by atoms with E-state index in [1.807, 2.05) is 18.2 Å². The van der Waals surface area contributed by atoms with Crippen molar-refractivity contribution >= 4 is 11.4 Å². The molecule has 0 amide bonds. The molecule has 0 aromatic heterocycles. The molecule has 4 heteroatoms. The van der Waals surface area contributed by atoms with Gasteiger partial charge in [-0.15, -0.1) is 0 Å². The lowest BCUT2D eigenvalue weighted by Crippen LogP contribution is -2.35. The fraction of sp³-hybridized carbons (Fsp3) is 0.600. The first-order chi connectivity index (χ1) is 9.22. The van der Waals surface area contributed by atoms with Crippen molar-refractivity contribution in [3.8, 4) is 5.75 Å². The van der Waals surface area contributed by atoms with Crippen LogP contribution in [-0.4, -0.2) is 38.2 Å². The van der Waals surface area contributed by atoms with Crippen molar-refractivity contribution < 1.29 is 4.74 Å². The van der Waals surface area contributed by atoms with Gasteiger partial charge in [-0.2, -0.15) is 0 Å². The molecule has 0 aliphatic carbocycles. The fourth-order valence-corrected chi connectivity index (χ4v) is 2.58. The molecule has 1 aliphatic rings. The van der Waals surface area contributed by atoms with Gasteiger partial charge < -0.3 is 20.7 Å². The summed E-state index contributed by atoms with van der Waals surface area (Å²) >= 11 is 0. The minimum atomic E-state index is 0.744. The Labute approximate surface area is 115 Å². The molecular weight excluding hydrogens is 238 g/mol. The number of nitrogens with one attached hydrogen (secondary N) is 1. The van der Waals surface area contributed by atoms with Crippen LogP contribution in [0.25, 0.3) is 0 Å². The molecule has 4 nitrogen and oxygen atoms in total. The van der Waals surface area contributed by atoms with Crippen LogP contribution in [-0.2, 0) is 0 Å². The summed E-state index contributed by atoms with van der Waals surface area (Å²) in [5, 5.41) is 3.47. The normalized spacial score (nSPS) is 17.4. The largest absolute Gasteiger partial charge is 0.497 e. The van der Waals surface area contributed by atoms with Crippen LogP contribution in [0.15, 0.2) is 18.2 Å². The van der Waals surface area contributed by atoms with Crippen LogP contribution in [0.4, 0.5) is 11.4 Å². The SMILES string of the molecule is CCN1CCC(CNc2cc(OC)ccc2N)CC1. The molecule has 3 N–H and O–H groups in total. The first-order valence-corrected chi connectivity index (χ1v) is 7.12. The maximum Gasteiger partial charge on any atom is 0.121 e. The van der Waals surface area contributed by atoms with E-state index < -0.39 is 0 Å². The molecule has 1 saturated heterocycles. The summed E-state index contributed by atoms with van der Waals surface area (Å²) in [7, 11) is 1.68. The number of benzene rings is 1. The van der Waals surface area contributed by atoms with Gasteiger partial charge in [-0.25, -0.2) is 0 Å². The summed E-state index contributed by atoms with van der Waals surface area (Å²) in [6.07, 6.45) is 2.54. The third-order valence-corrected chi connectivity index (χ3v) is 4.00. The van der Waals surface area contributed by atoms with Crippen LogP contribution in [0.2, 0.25) is 0 Å². The monoisotopic (exact) mass is 263 g/mol. The number of likely N-dealkylation sites (tertiary alicyclic amines) is 1. The number of nitrogen functional groups attached to an aromatic ring is 1. The molecule has 2 rings (SSSR count). The minimum absolute atomic E-state index is 0.744. The van der Waals surface area contributed by atoms with Gasteiger partial charge in [-0.05, 0) is 50.5 Å². The van der Waals surface area contributed by atoms with Crippen molar-refractivity contribution in [3.63, 3.8) is 0 Å². The predicted octanol–water partition coefficient (Wildman–Crippen LogP) is 2.42. The standard InChI is InChI=1S/C15H25N3O/c1-3-18-8-6-12(7-9-18)11-17-15-10-13(19-2)4-5-14(15)16/h4-5,10,12,17H,3,6-9,11,16H2,1-2H3. The van der Waals surface area contributed by atoms with E-state index in [2.05, 4.69) is 17.1 Å². The lowest BCUT2D eigenvalue weighted by molar-refractivity contribution is 0.198. The highest BCUT2D eigenvalue weighted by Crippen LogP contribution is 2.25. The van der Waals surface area contributed by atoms with Crippen LogP contribution in [0.1, 0.15) is 19.8 Å². The van der Waals surface area contributed by atoms with E-state index in [-0.39, 0.29) is 0 Å². The smallest absolute Gasteiger partial charge is 0.121 e. The Bertz CT molecular complexity index is 400. The first-order valence-electron chi connectivity index (χ1n) is 7.12. The number of methoxy groups -OCH3 is 1. The molecule has 0 unspecified atom stereocenters. The van der Waals surface area contributed by atoms with Crippen molar-refractivity contribution in [3.05, 3.63) is 18.2 Å². The molecule has 0 atom stereocenters. The third kappa shape index (κ3) is 3.77. The quantitative estimate of drug-likeness (QED) is 0.801. The zero-order chi connectivity index (χ0) is 13.7. The lowest BCUT2D eigenvalue weighted by atomic mass is 9.96. The number of piperidine rings is 1. The maximum atomic E-state index is 5.98. The Balaban J connectivity index is 1.85. The van der Waals surface area contributed by atoms with E-state index in [4.69, 9.17) is 10.5 Å². The summed E-state index contributed by atoms with van der Waals surface area (Å²) < 4.78 is 5.23. The molecule has 1 aliphatic heterocycles. The van der Waals surface area contributed by atoms with Crippen LogP contribution in [0.3, 0.4) is 0 Å². The first kappa shape index (κ1) is 14.0. The highest BCUT2D eigenvalue weighted by Gasteiger charge is 2.17. The molecule has 0 saturated carbocycles. The van der Waals surface area contributed by atoms with E-state index in [1.165, 1.54) is 32.5 Å². The molecular formula is C15H25N3O. The second-order valence-corrected chi connectivity index (χ2v) is 5.21. The molecule has 1 fully saturated rings. The van der Waals surface area contributed by atoms with Gasteiger partial charge in [0.2, 0.25) is 0 Å². The average molecular weight is 263 g/mol. The Morgan fingerprint density at radius 1 is 1.37 bits per heavy atom. The molecule has 1 heterocycles. The summed E-state index contributed by atoms with van der Waals surface area (Å²) in [6.45, 7) is 6.83. The number of ether oxygens (including phenoxy) is 1. The second kappa shape index (κ2) is 6.66. The van der Waals surface area contributed by atoms with Gasteiger partial charge in [0.25, 0.3) is 0 Å². The van der Waals surface area contributed by atoms with Crippen LogP contribution >= 0.6 is 0 Å². The molecule has 0 bridgehead atoms. The van der Waals surface area contributed by atoms with Crippen LogP contribution in [0.5, 0.6) is 5.75 Å². The number of nitrogens with zero attached hydrogens (tertiary/aromatic N) is 1. The number of anilines is 2. The Morgan fingerprint density at radius 2 is 2.11 bits per heavy atom. The van der Waals surface area contributed by atoms with Crippen molar-refractivity contribution in [2.75, 3.05) is 44.3 Å². The van der Waals surface area contributed by atoms with E-state index in [0.717, 1.165) is 29.6 Å². The summed E-state index contributed by atoms with van der Waals surface area (Å²) in [5.41, 5.74) is 7.74. The topological polar surface area (TPSA) is 50.5 Å². The third-order valence-electron chi connectivity index (χ3n) is 4.00. The van der Waals surface area contributed by atoms with Crippen molar-refractivity contribution in [1.29, 1.82) is 0 Å². The molecule has 106 valence electrons. The highest BCUT2D eigenvalue weighted by molar-refractivity contribution is 5.68. The van der Waals surface area contributed by atoms with Crippen LogP contribution in [0, 0.1) is 5.92 Å². The maximum absolute atomic E-state index is 5.98.